The minimum Gasteiger partial charge on any atom is -0.364 e. The van der Waals surface area contributed by atoms with Crippen molar-refractivity contribution in [3.63, 3.8) is 0 Å². The first kappa shape index (κ1) is 14.8. The van der Waals surface area contributed by atoms with Crippen molar-refractivity contribution in [2.45, 2.75) is 19.8 Å². The number of amides is 2. The summed E-state index contributed by atoms with van der Waals surface area (Å²) in [7, 11) is 0. The lowest BCUT2D eigenvalue weighted by molar-refractivity contribution is 0.0994. The Morgan fingerprint density at radius 3 is 2.74 bits per heavy atom. The van der Waals surface area contributed by atoms with Crippen molar-refractivity contribution in [2.75, 3.05) is 5.32 Å². The number of hydrogen-bond donors (Lipinski definition) is 4. The van der Waals surface area contributed by atoms with Crippen LogP contribution in [-0.4, -0.2) is 27.0 Å². The summed E-state index contributed by atoms with van der Waals surface area (Å²) in [5, 5.41) is 10.4. The van der Waals surface area contributed by atoms with Gasteiger partial charge in [0.1, 0.15) is 5.69 Å². The van der Waals surface area contributed by atoms with Crippen LogP contribution in [0.3, 0.4) is 0 Å². The molecule has 5 N–H and O–H groups in total. The van der Waals surface area contributed by atoms with Crippen LogP contribution in [0.1, 0.15) is 46.3 Å². The van der Waals surface area contributed by atoms with Gasteiger partial charge in [-0.1, -0.05) is 13.8 Å². The first-order chi connectivity index (χ1) is 11.0. The highest BCUT2D eigenvalue weighted by atomic mass is 16.2. The van der Waals surface area contributed by atoms with Crippen molar-refractivity contribution < 1.29 is 9.59 Å². The van der Waals surface area contributed by atoms with Gasteiger partial charge in [-0.05, 0) is 30.2 Å². The van der Waals surface area contributed by atoms with Crippen LogP contribution in [-0.2, 0) is 0 Å². The zero-order chi connectivity index (χ0) is 16.6. The minimum absolute atomic E-state index is 0.170. The molecule has 0 bridgehead atoms. The van der Waals surface area contributed by atoms with Crippen LogP contribution in [0.5, 0.6) is 0 Å². The number of hydrogen-bond acceptors (Lipinski definition) is 3. The predicted molar refractivity (Wildman–Crippen MR) is 87.4 cm³/mol. The number of anilines is 1. The van der Waals surface area contributed by atoms with E-state index < -0.39 is 5.91 Å². The van der Waals surface area contributed by atoms with E-state index in [4.69, 9.17) is 5.73 Å². The molecule has 1 aromatic carbocycles. The van der Waals surface area contributed by atoms with E-state index in [9.17, 15) is 9.59 Å². The van der Waals surface area contributed by atoms with Gasteiger partial charge < -0.3 is 16.0 Å². The molecule has 0 spiro atoms. The molecule has 0 aliphatic rings. The molecule has 2 amide bonds. The molecule has 0 aliphatic heterocycles. The molecule has 0 radical (unpaired) electrons. The number of aromatic nitrogens is 3. The number of H-pyrrole nitrogens is 2. The first-order valence-corrected chi connectivity index (χ1v) is 7.23. The summed E-state index contributed by atoms with van der Waals surface area (Å²) in [4.78, 5) is 26.5. The van der Waals surface area contributed by atoms with Crippen molar-refractivity contribution in [1.82, 2.24) is 15.2 Å². The number of nitrogens with zero attached hydrogens (tertiary/aromatic N) is 1. The van der Waals surface area contributed by atoms with Crippen LogP contribution in [0.25, 0.3) is 10.9 Å². The lowest BCUT2D eigenvalue weighted by atomic mass is 10.1. The van der Waals surface area contributed by atoms with Gasteiger partial charge in [-0.2, -0.15) is 5.10 Å². The van der Waals surface area contributed by atoms with Crippen LogP contribution in [0, 0.1) is 0 Å². The topological polar surface area (TPSA) is 117 Å². The summed E-state index contributed by atoms with van der Waals surface area (Å²) in [6, 6.07) is 6.99. The Bertz CT molecular complexity index is 891. The Balaban J connectivity index is 1.87. The Morgan fingerprint density at radius 2 is 2.04 bits per heavy atom. The first-order valence-electron chi connectivity index (χ1n) is 7.23. The molecule has 3 rings (SSSR count). The Labute approximate surface area is 132 Å². The molecule has 0 saturated carbocycles. The van der Waals surface area contributed by atoms with Gasteiger partial charge >= 0.3 is 0 Å². The number of benzene rings is 1. The number of nitrogens with one attached hydrogen (secondary N) is 3. The van der Waals surface area contributed by atoms with E-state index in [2.05, 4.69) is 20.5 Å². The Hall–Kier alpha value is -3.09. The molecule has 0 fully saturated rings. The highest BCUT2D eigenvalue weighted by molar-refractivity contribution is 6.06. The number of aromatic amines is 2. The molecule has 118 valence electrons. The molecule has 0 aliphatic carbocycles. The van der Waals surface area contributed by atoms with Crippen molar-refractivity contribution in [3.05, 3.63) is 47.4 Å². The van der Waals surface area contributed by atoms with Crippen LogP contribution < -0.4 is 11.1 Å². The van der Waals surface area contributed by atoms with Crippen molar-refractivity contribution in [3.8, 4) is 0 Å². The van der Waals surface area contributed by atoms with Crippen LogP contribution >= 0.6 is 0 Å². The van der Waals surface area contributed by atoms with Gasteiger partial charge in [-0.3, -0.25) is 14.7 Å². The number of carbonyl (C=O) groups excluding carboxylic acids is 2. The lowest BCUT2D eigenvalue weighted by Gasteiger charge is -2.07. The van der Waals surface area contributed by atoms with Gasteiger partial charge in [-0.15, -0.1) is 0 Å². The van der Waals surface area contributed by atoms with Gasteiger partial charge in [0.2, 0.25) is 0 Å². The van der Waals surface area contributed by atoms with Gasteiger partial charge in [-0.25, -0.2) is 0 Å². The van der Waals surface area contributed by atoms with E-state index in [0.717, 1.165) is 16.6 Å². The smallest absolute Gasteiger partial charge is 0.265 e. The number of nitrogens with two attached hydrogens (primary N) is 1. The highest BCUT2D eigenvalue weighted by Gasteiger charge is 2.16. The lowest BCUT2D eigenvalue weighted by Crippen LogP contribution is -2.13. The fraction of sp³-hybridized carbons (Fsp3) is 0.188. The average molecular weight is 311 g/mol. The van der Waals surface area contributed by atoms with Gasteiger partial charge in [0, 0.05) is 16.6 Å². The SMILES string of the molecule is CC(C)c1[nH]ncc1C(=O)Nc1ccc2[nH]c(C(N)=O)cc2c1. The van der Waals surface area contributed by atoms with Crippen LogP contribution in [0.2, 0.25) is 0 Å². The molecule has 0 atom stereocenters. The summed E-state index contributed by atoms with van der Waals surface area (Å²) < 4.78 is 0. The molecular weight excluding hydrogens is 294 g/mol. The van der Waals surface area contributed by atoms with E-state index in [0.29, 0.717) is 16.9 Å². The van der Waals surface area contributed by atoms with Crippen LogP contribution in [0.15, 0.2) is 30.5 Å². The second-order valence-corrected chi connectivity index (χ2v) is 5.66. The molecule has 2 aromatic heterocycles. The summed E-state index contributed by atoms with van der Waals surface area (Å²) in [6.07, 6.45) is 1.52. The summed E-state index contributed by atoms with van der Waals surface area (Å²) in [6.45, 7) is 3.98. The average Bonchev–Trinajstić information content (AvgIpc) is 3.13. The maximum Gasteiger partial charge on any atom is 0.265 e. The Morgan fingerprint density at radius 1 is 1.26 bits per heavy atom. The third-order valence-corrected chi connectivity index (χ3v) is 3.63. The summed E-state index contributed by atoms with van der Waals surface area (Å²) in [5.41, 5.74) is 8.32. The standard InChI is InChI=1S/C16H17N5O2/c1-8(2)14-11(7-18-21-14)16(23)19-10-3-4-12-9(5-10)6-13(20-12)15(17)22/h3-8,20H,1-2H3,(H2,17,22)(H,18,21)(H,19,23). The van der Waals surface area contributed by atoms with Crippen LogP contribution in [0.4, 0.5) is 5.69 Å². The quantitative estimate of drug-likeness (QED) is 0.592. The monoisotopic (exact) mass is 311 g/mol. The molecular formula is C16H17N5O2. The molecule has 2 heterocycles. The molecule has 7 heteroatoms. The zero-order valence-electron chi connectivity index (χ0n) is 12.8. The number of rotatable bonds is 4. The second kappa shape index (κ2) is 5.60. The molecule has 3 aromatic rings. The molecule has 0 saturated heterocycles. The fourth-order valence-corrected chi connectivity index (χ4v) is 2.46. The van der Waals surface area contributed by atoms with Gasteiger partial charge in [0.25, 0.3) is 11.8 Å². The van der Waals surface area contributed by atoms with E-state index in [1.807, 2.05) is 13.8 Å². The third kappa shape index (κ3) is 2.80. The van der Waals surface area contributed by atoms with E-state index in [1.54, 1.807) is 24.3 Å². The van der Waals surface area contributed by atoms with Gasteiger partial charge in [0.05, 0.1) is 17.5 Å². The molecule has 23 heavy (non-hydrogen) atoms. The minimum atomic E-state index is -0.522. The largest absolute Gasteiger partial charge is 0.364 e. The zero-order valence-corrected chi connectivity index (χ0v) is 12.8. The molecule has 7 nitrogen and oxygen atoms in total. The fourth-order valence-electron chi connectivity index (χ4n) is 2.46. The van der Waals surface area contributed by atoms with Crippen molar-refractivity contribution >= 4 is 28.4 Å². The van der Waals surface area contributed by atoms with E-state index in [-0.39, 0.29) is 11.8 Å². The maximum absolute atomic E-state index is 12.4. The number of primary amides is 1. The maximum atomic E-state index is 12.4. The Kier molecular flexibility index (Phi) is 3.61. The predicted octanol–water partition coefficient (Wildman–Crippen LogP) is 2.37. The highest BCUT2D eigenvalue weighted by Crippen LogP contribution is 2.22. The molecule has 0 unspecified atom stereocenters. The van der Waals surface area contributed by atoms with Crippen molar-refractivity contribution in [2.24, 2.45) is 5.73 Å². The summed E-state index contributed by atoms with van der Waals surface area (Å²) in [5.74, 6) is -0.581. The summed E-state index contributed by atoms with van der Waals surface area (Å²) >= 11 is 0. The van der Waals surface area contributed by atoms with Gasteiger partial charge in [0.15, 0.2) is 0 Å². The van der Waals surface area contributed by atoms with E-state index >= 15 is 0 Å². The third-order valence-electron chi connectivity index (χ3n) is 3.63. The normalized spacial score (nSPS) is 11.1. The number of carbonyl (C=O) groups is 2. The number of fused-ring (bicyclic) bond motifs is 1. The van der Waals surface area contributed by atoms with E-state index in [1.165, 1.54) is 6.20 Å². The second-order valence-electron chi connectivity index (χ2n) is 5.66. The van der Waals surface area contributed by atoms with Crippen molar-refractivity contribution in [1.29, 1.82) is 0 Å².